The van der Waals surface area contributed by atoms with Crippen LogP contribution in [0.3, 0.4) is 0 Å². The van der Waals surface area contributed by atoms with Gasteiger partial charge in [-0.05, 0) is 0 Å². The minimum absolute atomic E-state index is 0. The van der Waals surface area contributed by atoms with Crippen LogP contribution in [-0.2, 0) is 10.3 Å². The monoisotopic (exact) mass is 360 g/mol. The first kappa shape index (κ1) is 19.9. The summed E-state index contributed by atoms with van der Waals surface area (Å²) in [5.41, 5.74) is 0. The first-order chi connectivity index (χ1) is 7.91. The Kier molecular flexibility index (Phi) is 5.56. The van der Waals surface area contributed by atoms with Crippen molar-refractivity contribution in [3.05, 3.63) is 22.7 Å². The molecule has 0 saturated carbocycles. The number of hydrogen-bond donors (Lipinski definition) is 0. The minimum Gasteiger partial charge on any atom is -0.147 e. The quantitative estimate of drug-likeness (QED) is 0.369. The molecule has 0 saturated heterocycles. The van der Waals surface area contributed by atoms with Gasteiger partial charge in [-0.15, -0.1) is 12.4 Å². The third-order valence-corrected chi connectivity index (χ3v) is 59.8. The number of rotatable bonds is 5. The molecule has 0 unspecified atom stereocenters. The van der Waals surface area contributed by atoms with Gasteiger partial charge in [0.1, 0.15) is 0 Å². The molecule has 0 fully saturated rings. The third-order valence-electron chi connectivity index (χ3n) is 5.69. The van der Waals surface area contributed by atoms with Gasteiger partial charge in [0.2, 0.25) is 0 Å². The van der Waals surface area contributed by atoms with E-state index in [2.05, 4.69) is 68.3 Å². The summed E-state index contributed by atoms with van der Waals surface area (Å²) in [5, 5.41) is 0. The predicted octanol–water partition coefficient (Wildman–Crippen LogP) is 6.89. The molecule has 4 heteroatoms. The summed E-state index contributed by atoms with van der Waals surface area (Å²) in [4.78, 5) is 0. The fourth-order valence-corrected chi connectivity index (χ4v) is 42.3. The van der Waals surface area contributed by atoms with Gasteiger partial charge in [-0.2, -0.15) is 0 Å². The van der Waals surface area contributed by atoms with Crippen LogP contribution in [0, 0.1) is 0 Å². The molecule has 0 aromatic rings. The van der Waals surface area contributed by atoms with E-state index in [1.807, 2.05) is 4.44 Å². The number of allylic oxidation sites excluding steroid dienone is 4. The van der Waals surface area contributed by atoms with Gasteiger partial charge >= 0.3 is 116 Å². The molecule has 1 aliphatic rings. The zero-order chi connectivity index (χ0) is 14.3. The van der Waals surface area contributed by atoms with Gasteiger partial charge in [0, 0.05) is 0 Å². The zero-order valence-corrected chi connectivity index (χ0v) is 18.1. The Hall–Kier alpha value is 0.949. The first-order valence-corrected chi connectivity index (χ1v) is 20.1. The Morgan fingerprint density at radius 1 is 1.11 bits per heavy atom. The molecular formula is C15H34ClCrPSi. The summed E-state index contributed by atoms with van der Waals surface area (Å²) >= 11 is 0. The molecule has 0 spiro atoms. The van der Waals surface area contributed by atoms with Crippen molar-refractivity contribution in [1.82, 2.24) is 0 Å². The maximum absolute atomic E-state index is 2.73. The second-order valence-corrected chi connectivity index (χ2v) is 46.3. The fraction of sp³-hybridized carbons (Fsp3) is 0.733. The molecule has 0 N–H and O–H groups in total. The smallest absolute Gasteiger partial charge is 0.147 e. The molecule has 0 aromatic heterocycles. The van der Waals surface area contributed by atoms with E-state index in [4.69, 9.17) is 0 Å². The topological polar surface area (TPSA) is 0 Å². The Labute approximate surface area is 127 Å². The van der Waals surface area contributed by atoms with E-state index >= 15 is 0 Å². The average Bonchev–Trinajstić information content (AvgIpc) is 2.70. The maximum Gasteiger partial charge on any atom is -0.147 e. The minimum atomic E-state index is -2.73. The second-order valence-electron chi connectivity index (χ2n) is 8.07. The Bertz CT molecular complexity index is 398. The molecule has 0 heterocycles. The van der Waals surface area contributed by atoms with Crippen LogP contribution in [0.25, 0.3) is 0 Å². The number of hydrogen-bond acceptors (Lipinski definition) is 0. The van der Waals surface area contributed by atoms with Crippen molar-refractivity contribution < 1.29 is 10.3 Å². The van der Waals surface area contributed by atoms with Gasteiger partial charge in [-0.1, -0.05) is 0 Å². The van der Waals surface area contributed by atoms with Crippen LogP contribution in [-0.4, -0.2) is 18.6 Å². The summed E-state index contributed by atoms with van der Waals surface area (Å²) in [7, 11) is -2.49. The van der Waals surface area contributed by atoms with E-state index in [0.717, 1.165) is 0 Å². The maximum atomic E-state index is 2.71. The predicted molar refractivity (Wildman–Crippen MR) is 98.0 cm³/mol. The summed E-state index contributed by atoms with van der Waals surface area (Å²) in [6, 6.07) is 0. The SMILES string of the molecule is CCP(CC)[Si](C)(C)[Cr]([CH3])([CH3])([CH3])([CH3])[C]1=CC=CC1.Cl. The largest absolute Gasteiger partial charge is 0.147 e. The van der Waals surface area contributed by atoms with Crippen LogP contribution < -0.4 is 0 Å². The van der Waals surface area contributed by atoms with Crippen molar-refractivity contribution in [2.75, 3.05) is 12.3 Å². The van der Waals surface area contributed by atoms with Crippen molar-refractivity contribution >= 4 is 26.2 Å². The normalized spacial score (nSPS) is 19.7. The molecule has 0 atom stereocenters. The van der Waals surface area contributed by atoms with Crippen LogP contribution in [0.4, 0.5) is 0 Å². The molecule has 0 aliphatic heterocycles. The molecule has 19 heavy (non-hydrogen) atoms. The molecule has 1 rings (SSSR count). The summed E-state index contributed by atoms with van der Waals surface area (Å²) < 4.78 is 1.81. The zero-order valence-electron chi connectivity index (χ0n) is 14.1. The molecule has 0 aromatic carbocycles. The second kappa shape index (κ2) is 5.30. The van der Waals surface area contributed by atoms with Crippen LogP contribution in [0.5, 0.6) is 0 Å². The van der Waals surface area contributed by atoms with Gasteiger partial charge in [-0.25, -0.2) is 0 Å². The van der Waals surface area contributed by atoms with Crippen LogP contribution in [0.2, 0.25) is 36.2 Å². The van der Waals surface area contributed by atoms with Crippen LogP contribution in [0.15, 0.2) is 22.7 Å². The summed E-state index contributed by atoms with van der Waals surface area (Å²) in [5.74, 6) is 10.8. The molecule has 0 bridgehead atoms. The first-order valence-electron chi connectivity index (χ1n) is 7.03. The van der Waals surface area contributed by atoms with E-state index in [0.29, 0.717) is 0 Å². The summed E-state index contributed by atoms with van der Waals surface area (Å²) in [6.07, 6.45) is 9.93. The molecule has 0 amide bonds. The molecular weight excluding hydrogens is 327 g/mol. The van der Waals surface area contributed by atoms with Crippen molar-refractivity contribution in [2.24, 2.45) is 0 Å². The van der Waals surface area contributed by atoms with Gasteiger partial charge < -0.3 is 0 Å². The third kappa shape index (κ3) is 2.95. The van der Waals surface area contributed by atoms with E-state index in [1.165, 1.54) is 18.7 Å². The number of halogens is 1. The van der Waals surface area contributed by atoms with Gasteiger partial charge in [0.15, 0.2) is 0 Å². The van der Waals surface area contributed by atoms with E-state index in [1.54, 1.807) is 0 Å². The van der Waals surface area contributed by atoms with E-state index in [-0.39, 0.29) is 19.9 Å². The van der Waals surface area contributed by atoms with Crippen molar-refractivity contribution in [3.8, 4) is 0 Å². The molecule has 116 valence electrons. The van der Waals surface area contributed by atoms with Gasteiger partial charge in [0.05, 0.1) is 0 Å². The average molecular weight is 361 g/mol. The van der Waals surface area contributed by atoms with E-state index < -0.39 is 16.6 Å². The van der Waals surface area contributed by atoms with Gasteiger partial charge in [-0.3, -0.25) is 0 Å². The molecule has 1 aliphatic carbocycles. The van der Waals surface area contributed by atoms with Crippen molar-refractivity contribution in [2.45, 2.75) is 56.5 Å². The van der Waals surface area contributed by atoms with Crippen LogP contribution in [0.1, 0.15) is 20.3 Å². The Balaban J connectivity index is 0.00000324. The van der Waals surface area contributed by atoms with Gasteiger partial charge in [0.25, 0.3) is 0 Å². The Morgan fingerprint density at radius 3 is 1.89 bits per heavy atom. The van der Waals surface area contributed by atoms with Crippen molar-refractivity contribution in [3.63, 3.8) is 0 Å². The van der Waals surface area contributed by atoms with Crippen molar-refractivity contribution in [1.29, 1.82) is 0 Å². The molecule has 0 nitrogen and oxygen atoms in total. The Morgan fingerprint density at radius 2 is 1.58 bits per heavy atom. The fourth-order valence-electron chi connectivity index (χ4n) is 3.00. The standard InChI is InChI=1S/C6H16PSi.C5H5.4CH3.ClH.Cr/c1-5-7(6-2)8(3)4;1-2-4-5-3-1;;;;;;/h5-6H2,1-4H3;1-3H,4H2;4*1H3;1H;. The molecule has 0 radical (unpaired) electrons. The van der Waals surface area contributed by atoms with E-state index in [9.17, 15) is 0 Å². The van der Waals surface area contributed by atoms with Crippen LogP contribution >= 0.6 is 19.9 Å². The summed E-state index contributed by atoms with van der Waals surface area (Å²) in [6.45, 7) is 10.3.